The molecule has 0 unspecified atom stereocenters. The highest BCUT2D eigenvalue weighted by Crippen LogP contribution is 2.16. The van der Waals surface area contributed by atoms with Gasteiger partial charge >= 0.3 is 5.97 Å². The summed E-state index contributed by atoms with van der Waals surface area (Å²) in [6.45, 7) is 1.55. The normalized spacial score (nSPS) is 10.3. The van der Waals surface area contributed by atoms with Gasteiger partial charge in [-0.15, -0.1) is 0 Å². The molecule has 0 saturated carbocycles. The molecule has 0 aliphatic rings. The number of ether oxygens (including phenoxy) is 1. The quantitative estimate of drug-likeness (QED) is 0.488. The first-order valence-corrected chi connectivity index (χ1v) is 8.52. The molecule has 4 heteroatoms. The van der Waals surface area contributed by atoms with Gasteiger partial charge in [-0.1, -0.05) is 78.4 Å². The molecule has 3 rings (SSSR count). The van der Waals surface area contributed by atoms with Gasteiger partial charge in [0, 0.05) is 16.7 Å². The highest BCUT2D eigenvalue weighted by atomic mass is 16.5. The third-order valence-electron chi connectivity index (χ3n) is 4.14. The highest BCUT2D eigenvalue weighted by molar-refractivity contribution is 6.14. The van der Waals surface area contributed by atoms with Crippen LogP contribution in [-0.4, -0.2) is 24.1 Å². The van der Waals surface area contributed by atoms with Crippen molar-refractivity contribution in [2.75, 3.05) is 6.61 Å². The number of ketones is 2. The zero-order valence-electron chi connectivity index (χ0n) is 14.8. The van der Waals surface area contributed by atoms with E-state index in [1.807, 2.05) is 19.1 Å². The predicted octanol–water partition coefficient (Wildman–Crippen LogP) is 4.27. The van der Waals surface area contributed by atoms with Gasteiger partial charge in [-0.2, -0.15) is 0 Å². The van der Waals surface area contributed by atoms with Crippen molar-refractivity contribution in [3.63, 3.8) is 0 Å². The van der Waals surface area contributed by atoms with Crippen LogP contribution in [0.15, 0.2) is 78.9 Å². The van der Waals surface area contributed by atoms with Gasteiger partial charge in [0.1, 0.15) is 0 Å². The fourth-order valence-electron chi connectivity index (χ4n) is 2.64. The molecule has 0 saturated heterocycles. The number of carbonyl (C=O) groups is 3. The Labute approximate surface area is 157 Å². The maximum atomic E-state index is 12.8. The average molecular weight is 358 g/mol. The topological polar surface area (TPSA) is 60.4 Å². The Bertz CT molecular complexity index is 973. The van der Waals surface area contributed by atoms with Crippen LogP contribution in [0.2, 0.25) is 0 Å². The molecule has 0 fully saturated rings. The number of benzene rings is 3. The van der Waals surface area contributed by atoms with Crippen LogP contribution in [0.3, 0.4) is 0 Å². The summed E-state index contributed by atoms with van der Waals surface area (Å²) in [5, 5.41) is 0. The van der Waals surface area contributed by atoms with Crippen LogP contribution >= 0.6 is 0 Å². The summed E-state index contributed by atoms with van der Waals surface area (Å²) in [6.07, 6.45) is 0. The molecule has 27 heavy (non-hydrogen) atoms. The summed E-state index contributed by atoms with van der Waals surface area (Å²) < 4.78 is 5.15. The molecule has 0 spiro atoms. The van der Waals surface area contributed by atoms with Crippen LogP contribution in [0.25, 0.3) is 0 Å². The van der Waals surface area contributed by atoms with Crippen molar-refractivity contribution < 1.29 is 19.1 Å². The fourth-order valence-corrected chi connectivity index (χ4v) is 2.64. The lowest BCUT2D eigenvalue weighted by molar-refractivity contribution is 0.0473. The summed E-state index contributed by atoms with van der Waals surface area (Å²) in [4.78, 5) is 37.3. The molecule has 0 aliphatic carbocycles. The van der Waals surface area contributed by atoms with E-state index < -0.39 is 5.97 Å². The van der Waals surface area contributed by atoms with E-state index in [1.54, 1.807) is 60.7 Å². The molecule has 0 aromatic heterocycles. The van der Waals surface area contributed by atoms with E-state index in [9.17, 15) is 14.4 Å². The first kappa shape index (κ1) is 18.3. The smallest absolute Gasteiger partial charge is 0.339 e. The van der Waals surface area contributed by atoms with E-state index in [1.165, 1.54) is 6.07 Å². The third-order valence-corrected chi connectivity index (χ3v) is 4.14. The molecule has 4 nitrogen and oxygen atoms in total. The Kier molecular flexibility index (Phi) is 5.57. The number of rotatable bonds is 6. The minimum Gasteiger partial charge on any atom is -0.454 e. The number of esters is 1. The Morgan fingerprint density at radius 2 is 1.30 bits per heavy atom. The van der Waals surface area contributed by atoms with Crippen LogP contribution in [-0.2, 0) is 4.74 Å². The Morgan fingerprint density at radius 3 is 1.96 bits per heavy atom. The summed E-state index contributed by atoms with van der Waals surface area (Å²) in [7, 11) is 0. The van der Waals surface area contributed by atoms with Crippen molar-refractivity contribution in [2.45, 2.75) is 6.92 Å². The summed E-state index contributed by atoms with van der Waals surface area (Å²) in [5.74, 6) is -1.27. The molecule has 3 aromatic rings. The Morgan fingerprint density at radius 1 is 0.704 bits per heavy atom. The predicted molar refractivity (Wildman–Crippen MR) is 102 cm³/mol. The van der Waals surface area contributed by atoms with E-state index in [4.69, 9.17) is 4.74 Å². The molecular formula is C23H18O4. The molecule has 0 bridgehead atoms. The summed E-state index contributed by atoms with van der Waals surface area (Å²) in [5.41, 5.74) is 2.39. The van der Waals surface area contributed by atoms with Gasteiger partial charge in [-0.05, 0) is 13.0 Å². The number of Topliss-reactive ketones (excluding diaryl/α,β-unsaturated/α-hetero) is 1. The lowest BCUT2D eigenvalue weighted by atomic mass is 9.98. The lowest BCUT2D eigenvalue weighted by Gasteiger charge is -2.09. The molecule has 0 atom stereocenters. The van der Waals surface area contributed by atoms with Gasteiger partial charge in [0.25, 0.3) is 0 Å². The molecule has 0 aliphatic heterocycles. The first-order valence-electron chi connectivity index (χ1n) is 8.52. The zero-order chi connectivity index (χ0) is 19.2. The summed E-state index contributed by atoms with van der Waals surface area (Å²) in [6, 6.07) is 22.2. The lowest BCUT2D eigenvalue weighted by Crippen LogP contribution is -2.17. The molecule has 0 amide bonds. The second kappa shape index (κ2) is 8.23. The van der Waals surface area contributed by atoms with Crippen molar-refractivity contribution in [2.24, 2.45) is 0 Å². The Balaban J connectivity index is 1.77. The number of aryl methyl sites for hydroxylation is 1. The SMILES string of the molecule is Cc1ccc(C(=O)c2ccccc2C(=O)OCC(=O)c2ccccc2)cc1. The van der Waals surface area contributed by atoms with Gasteiger partial charge in [0.2, 0.25) is 0 Å². The molecule has 3 aromatic carbocycles. The van der Waals surface area contributed by atoms with E-state index in [0.717, 1.165) is 5.56 Å². The van der Waals surface area contributed by atoms with Gasteiger partial charge in [-0.25, -0.2) is 4.79 Å². The van der Waals surface area contributed by atoms with Crippen LogP contribution in [0, 0.1) is 6.92 Å². The van der Waals surface area contributed by atoms with E-state index in [0.29, 0.717) is 11.1 Å². The first-order chi connectivity index (χ1) is 13.1. The minimum absolute atomic E-state index is 0.143. The molecule has 0 N–H and O–H groups in total. The van der Waals surface area contributed by atoms with Gasteiger partial charge in [-0.3, -0.25) is 9.59 Å². The molecule has 0 heterocycles. The van der Waals surface area contributed by atoms with E-state index in [2.05, 4.69) is 0 Å². The fraction of sp³-hybridized carbons (Fsp3) is 0.0870. The second-order valence-corrected chi connectivity index (χ2v) is 6.11. The Hall–Kier alpha value is -3.53. The largest absolute Gasteiger partial charge is 0.454 e. The van der Waals surface area contributed by atoms with Crippen molar-refractivity contribution in [3.8, 4) is 0 Å². The molecule has 0 radical (unpaired) electrons. The zero-order valence-corrected chi connectivity index (χ0v) is 14.8. The summed E-state index contributed by atoms with van der Waals surface area (Å²) >= 11 is 0. The van der Waals surface area contributed by atoms with E-state index >= 15 is 0 Å². The van der Waals surface area contributed by atoms with Crippen molar-refractivity contribution in [1.29, 1.82) is 0 Å². The van der Waals surface area contributed by atoms with Crippen molar-refractivity contribution >= 4 is 17.5 Å². The van der Waals surface area contributed by atoms with Gasteiger partial charge in [0.15, 0.2) is 18.2 Å². The maximum absolute atomic E-state index is 12.8. The standard InChI is InChI=1S/C23H18O4/c1-16-11-13-18(14-12-16)22(25)19-9-5-6-10-20(19)23(26)27-15-21(24)17-7-3-2-4-8-17/h2-14H,15H2,1H3. The number of hydrogen-bond donors (Lipinski definition) is 0. The van der Waals surface area contributed by atoms with Crippen molar-refractivity contribution in [1.82, 2.24) is 0 Å². The van der Waals surface area contributed by atoms with E-state index in [-0.39, 0.29) is 29.3 Å². The van der Waals surface area contributed by atoms with Crippen molar-refractivity contribution in [3.05, 3.63) is 107 Å². The van der Waals surface area contributed by atoms with Gasteiger partial charge in [0.05, 0.1) is 5.56 Å². The minimum atomic E-state index is -0.699. The monoisotopic (exact) mass is 358 g/mol. The van der Waals surface area contributed by atoms with Crippen LogP contribution in [0.4, 0.5) is 0 Å². The third kappa shape index (κ3) is 4.36. The molecule has 134 valence electrons. The van der Waals surface area contributed by atoms with Crippen LogP contribution in [0.5, 0.6) is 0 Å². The van der Waals surface area contributed by atoms with Gasteiger partial charge < -0.3 is 4.74 Å². The second-order valence-electron chi connectivity index (χ2n) is 6.11. The molecular weight excluding hydrogens is 340 g/mol. The van der Waals surface area contributed by atoms with Crippen LogP contribution in [0.1, 0.15) is 42.2 Å². The maximum Gasteiger partial charge on any atom is 0.339 e. The number of carbonyl (C=O) groups excluding carboxylic acids is 3. The average Bonchev–Trinajstić information content (AvgIpc) is 2.72. The van der Waals surface area contributed by atoms with Crippen LogP contribution < -0.4 is 0 Å². The highest BCUT2D eigenvalue weighted by Gasteiger charge is 2.20. The number of hydrogen-bond acceptors (Lipinski definition) is 4.